The van der Waals surface area contributed by atoms with Crippen LogP contribution in [0.1, 0.15) is 88.5 Å². The first kappa shape index (κ1) is 22.1. The topological polar surface area (TPSA) is 40.2 Å². The van der Waals surface area contributed by atoms with E-state index in [1.54, 1.807) is 0 Å². The summed E-state index contributed by atoms with van der Waals surface area (Å²) in [4.78, 5) is 14.8. The van der Waals surface area contributed by atoms with Gasteiger partial charge in [0.15, 0.2) is 0 Å². The highest BCUT2D eigenvalue weighted by molar-refractivity contribution is 5.30. The first-order chi connectivity index (χ1) is 16.7. The number of hydrogen-bond acceptors (Lipinski definition) is 5. The van der Waals surface area contributed by atoms with Gasteiger partial charge in [-0.15, -0.1) is 0 Å². The minimum atomic E-state index is -0.511. The van der Waals surface area contributed by atoms with Crippen LogP contribution in [0.15, 0.2) is 24.3 Å². The second-order valence-electron chi connectivity index (χ2n) is 12.3. The van der Waals surface area contributed by atoms with E-state index in [0.29, 0.717) is 17.8 Å². The molecule has 1 aromatic carbocycles. The highest BCUT2D eigenvalue weighted by Crippen LogP contribution is 2.64. The van der Waals surface area contributed by atoms with Gasteiger partial charge in [-0.3, -0.25) is 4.90 Å². The van der Waals surface area contributed by atoms with Crippen LogP contribution in [-0.4, -0.2) is 42.7 Å². The fourth-order valence-electron chi connectivity index (χ4n) is 8.50. The van der Waals surface area contributed by atoms with E-state index < -0.39 is 11.6 Å². The predicted molar refractivity (Wildman–Crippen MR) is 129 cm³/mol. The number of nitrogens with zero attached hydrogens (tertiary/aromatic N) is 1. The summed E-state index contributed by atoms with van der Waals surface area (Å²) in [6.45, 7) is 4.28. The molecule has 2 spiro atoms. The van der Waals surface area contributed by atoms with Gasteiger partial charge in [0.25, 0.3) is 0 Å². The van der Waals surface area contributed by atoms with E-state index in [4.69, 9.17) is 19.2 Å². The highest BCUT2D eigenvalue weighted by atomic mass is 17.3. The first-order valence-corrected chi connectivity index (χ1v) is 14.2. The van der Waals surface area contributed by atoms with Crippen LogP contribution in [0.4, 0.5) is 0 Å². The molecule has 2 saturated heterocycles. The maximum absolute atomic E-state index is 6.88. The lowest BCUT2D eigenvalue weighted by atomic mass is 9.53. The Morgan fingerprint density at radius 1 is 0.824 bits per heavy atom. The third-order valence-electron chi connectivity index (χ3n) is 10.2. The van der Waals surface area contributed by atoms with Crippen LogP contribution >= 0.6 is 0 Å². The van der Waals surface area contributed by atoms with Gasteiger partial charge in [-0.25, -0.2) is 0 Å². The van der Waals surface area contributed by atoms with Crippen LogP contribution < -0.4 is 4.74 Å². The number of rotatable bonds is 5. The molecule has 5 saturated carbocycles. The average molecular weight is 468 g/mol. The van der Waals surface area contributed by atoms with E-state index in [2.05, 4.69) is 29.2 Å². The minimum absolute atomic E-state index is 0.437. The number of benzene rings is 1. The summed E-state index contributed by atoms with van der Waals surface area (Å²) in [6, 6.07) is 8.85. The monoisotopic (exact) mass is 467 g/mol. The Kier molecular flexibility index (Phi) is 5.69. The molecule has 0 unspecified atom stereocenters. The molecule has 34 heavy (non-hydrogen) atoms. The number of hydrogen-bond donors (Lipinski definition) is 0. The third-order valence-corrected chi connectivity index (χ3v) is 10.2. The van der Waals surface area contributed by atoms with Crippen molar-refractivity contribution in [3.8, 4) is 5.75 Å². The Labute approximate surface area is 204 Å². The molecule has 0 atom stereocenters. The first-order valence-electron chi connectivity index (χ1n) is 14.2. The molecule has 0 amide bonds. The van der Waals surface area contributed by atoms with Crippen LogP contribution in [0.2, 0.25) is 0 Å². The summed E-state index contributed by atoms with van der Waals surface area (Å²) < 4.78 is 12.9. The van der Waals surface area contributed by atoms with Gasteiger partial charge in [0.2, 0.25) is 11.6 Å². The second kappa shape index (κ2) is 8.76. The van der Waals surface area contributed by atoms with E-state index in [0.717, 1.165) is 56.4 Å². The fourth-order valence-corrected chi connectivity index (χ4v) is 8.50. The Morgan fingerprint density at radius 2 is 1.50 bits per heavy atom. The zero-order valence-corrected chi connectivity index (χ0v) is 20.6. The molecular formula is C29H41NO4. The lowest BCUT2D eigenvalue weighted by Gasteiger charge is -2.57. The maximum Gasteiger partial charge on any atom is 0.210 e. The van der Waals surface area contributed by atoms with Crippen molar-refractivity contribution in [2.24, 2.45) is 23.7 Å². The smallest absolute Gasteiger partial charge is 0.210 e. The van der Waals surface area contributed by atoms with Gasteiger partial charge in [0.1, 0.15) is 12.4 Å². The van der Waals surface area contributed by atoms with E-state index in [1.807, 2.05) is 0 Å². The molecule has 186 valence electrons. The van der Waals surface area contributed by atoms with Crippen molar-refractivity contribution < 1.29 is 19.2 Å². The molecule has 5 heteroatoms. The molecule has 2 heterocycles. The zero-order chi connectivity index (χ0) is 22.6. The summed E-state index contributed by atoms with van der Waals surface area (Å²) in [5.74, 6) is 3.51. The molecule has 5 nitrogen and oxygen atoms in total. The lowest BCUT2D eigenvalue weighted by molar-refractivity contribution is -0.390. The van der Waals surface area contributed by atoms with Crippen molar-refractivity contribution in [3.63, 3.8) is 0 Å². The van der Waals surface area contributed by atoms with Gasteiger partial charge in [0.05, 0.1) is 0 Å². The summed E-state index contributed by atoms with van der Waals surface area (Å²) >= 11 is 0. The van der Waals surface area contributed by atoms with Gasteiger partial charge in [-0.05, 0) is 106 Å². The highest BCUT2D eigenvalue weighted by Gasteiger charge is 2.66. The number of ether oxygens (including phenoxy) is 2. The molecule has 1 aromatic rings. The Bertz CT molecular complexity index is 827. The maximum atomic E-state index is 6.88. The molecule has 0 aromatic heterocycles. The normalized spacial score (nSPS) is 43.7. The van der Waals surface area contributed by atoms with Crippen molar-refractivity contribution in [1.82, 2.24) is 4.90 Å². The summed E-state index contributed by atoms with van der Waals surface area (Å²) in [5.41, 5.74) is 1.42. The SMILES string of the molecule is c1cc(C2CCC3(CC2)OOC2(O3)C3CC4CC(C3)CC2C4)ccc1OCCN1CCCCC1. The van der Waals surface area contributed by atoms with Crippen LogP contribution in [-0.2, 0) is 14.5 Å². The Balaban J connectivity index is 0.928. The van der Waals surface area contributed by atoms with Crippen molar-refractivity contribution >= 4 is 0 Å². The van der Waals surface area contributed by atoms with E-state index in [9.17, 15) is 0 Å². The molecule has 0 N–H and O–H groups in total. The van der Waals surface area contributed by atoms with Gasteiger partial charge in [0, 0.05) is 31.2 Å². The molecule has 2 aliphatic heterocycles. The van der Waals surface area contributed by atoms with Crippen molar-refractivity contribution in [1.29, 1.82) is 0 Å². The van der Waals surface area contributed by atoms with Gasteiger partial charge in [-0.2, -0.15) is 9.78 Å². The summed E-state index contributed by atoms with van der Waals surface area (Å²) in [6.07, 6.45) is 14.7. The Morgan fingerprint density at radius 3 is 2.18 bits per heavy atom. The van der Waals surface area contributed by atoms with Crippen LogP contribution in [0.5, 0.6) is 5.75 Å². The van der Waals surface area contributed by atoms with Crippen molar-refractivity contribution in [2.75, 3.05) is 26.2 Å². The predicted octanol–water partition coefficient (Wildman–Crippen LogP) is 6.04. The van der Waals surface area contributed by atoms with Gasteiger partial charge in [-0.1, -0.05) is 18.6 Å². The molecule has 4 bridgehead atoms. The molecule has 7 fully saturated rings. The standard InChI is InChI=1S/C29H41NO4/c1-2-12-30(13-3-1)14-15-31-27-6-4-23(5-7-27)24-8-10-28(11-9-24)32-29(34-33-28)25-17-21-16-22(19-25)20-26(29)18-21/h4-7,21-22,24-26H,1-3,8-20H2. The van der Waals surface area contributed by atoms with Gasteiger partial charge >= 0.3 is 0 Å². The summed E-state index contributed by atoms with van der Waals surface area (Å²) in [7, 11) is 0. The number of piperidine rings is 1. The lowest BCUT2D eigenvalue weighted by Crippen LogP contribution is -2.59. The average Bonchev–Trinajstić information content (AvgIpc) is 3.24. The van der Waals surface area contributed by atoms with Gasteiger partial charge < -0.3 is 9.47 Å². The van der Waals surface area contributed by atoms with Crippen LogP contribution in [0, 0.1) is 23.7 Å². The molecule has 7 aliphatic rings. The minimum Gasteiger partial charge on any atom is -0.492 e. The van der Waals surface area contributed by atoms with E-state index in [-0.39, 0.29) is 0 Å². The molecule has 0 radical (unpaired) electrons. The van der Waals surface area contributed by atoms with Crippen molar-refractivity contribution in [2.45, 2.75) is 94.5 Å². The quantitative estimate of drug-likeness (QED) is 0.494. The Hall–Kier alpha value is -1.14. The molecule has 5 aliphatic carbocycles. The summed E-state index contributed by atoms with van der Waals surface area (Å²) in [5, 5.41) is 0. The second-order valence-corrected chi connectivity index (χ2v) is 12.3. The van der Waals surface area contributed by atoms with Crippen LogP contribution in [0.25, 0.3) is 0 Å². The fraction of sp³-hybridized carbons (Fsp3) is 0.793. The third kappa shape index (κ3) is 3.91. The largest absolute Gasteiger partial charge is 0.492 e. The van der Waals surface area contributed by atoms with Crippen molar-refractivity contribution in [3.05, 3.63) is 29.8 Å². The zero-order valence-electron chi connectivity index (χ0n) is 20.6. The van der Waals surface area contributed by atoms with E-state index >= 15 is 0 Å². The van der Waals surface area contributed by atoms with E-state index in [1.165, 1.54) is 70.0 Å². The molecule has 8 rings (SSSR count). The number of likely N-dealkylation sites (tertiary alicyclic amines) is 1. The molecular weight excluding hydrogens is 426 g/mol. The van der Waals surface area contributed by atoms with Crippen LogP contribution in [0.3, 0.4) is 0 Å².